The second-order valence-corrected chi connectivity index (χ2v) is 9.39. The fourth-order valence-corrected chi connectivity index (χ4v) is 4.81. The summed E-state index contributed by atoms with van der Waals surface area (Å²) in [4.78, 5) is 12.7. The highest BCUT2D eigenvalue weighted by Crippen LogP contribution is 2.45. The van der Waals surface area contributed by atoms with E-state index < -0.39 is 7.75 Å². The monoisotopic (exact) mass is 422 g/mol. The summed E-state index contributed by atoms with van der Waals surface area (Å²) in [6, 6.07) is 25.8. The molecule has 4 rings (SSSR count). The van der Waals surface area contributed by atoms with E-state index in [-0.39, 0.29) is 0 Å². The van der Waals surface area contributed by atoms with E-state index >= 15 is 0 Å². The van der Waals surface area contributed by atoms with E-state index in [1.54, 1.807) is 31.3 Å². The van der Waals surface area contributed by atoms with Crippen LogP contribution in [-0.4, -0.2) is 29.7 Å². The van der Waals surface area contributed by atoms with E-state index in [2.05, 4.69) is 53.4 Å². The summed E-state index contributed by atoms with van der Waals surface area (Å²) >= 11 is 0. The summed E-state index contributed by atoms with van der Waals surface area (Å²) in [6.07, 6.45) is 2.75. The van der Waals surface area contributed by atoms with Gasteiger partial charge in [-0.05, 0) is 61.7 Å². The first-order valence-electron chi connectivity index (χ1n) is 10.3. The van der Waals surface area contributed by atoms with Gasteiger partial charge in [-0.3, -0.25) is 0 Å². The van der Waals surface area contributed by atoms with Crippen LogP contribution in [0.1, 0.15) is 17.5 Å². The largest absolute Gasteiger partial charge is 0.458 e. The number of nitrogens with zero attached hydrogens (tertiary/aromatic N) is 2. The molecule has 0 spiro atoms. The highest BCUT2D eigenvalue weighted by atomic mass is 31.2. The van der Waals surface area contributed by atoms with Crippen molar-refractivity contribution in [2.75, 3.05) is 25.0 Å². The van der Waals surface area contributed by atoms with Gasteiger partial charge >= 0.3 is 7.75 Å². The Morgan fingerprint density at radius 3 is 2.03 bits per heavy atom. The van der Waals surface area contributed by atoms with Crippen molar-refractivity contribution < 1.29 is 14.0 Å². The molecule has 0 amide bonds. The van der Waals surface area contributed by atoms with E-state index in [0.717, 1.165) is 25.8 Å². The maximum atomic E-state index is 12.7. The van der Waals surface area contributed by atoms with E-state index in [4.69, 9.17) is 4.52 Å². The second-order valence-electron chi connectivity index (χ2n) is 7.54. The first-order valence-corrected chi connectivity index (χ1v) is 11.8. The third-order valence-corrected chi connectivity index (χ3v) is 7.00. The Morgan fingerprint density at radius 1 is 0.900 bits per heavy atom. The zero-order chi connectivity index (χ0) is 21.0. The molecule has 1 aliphatic rings. The molecule has 0 saturated heterocycles. The molecule has 0 aromatic heterocycles. The Bertz CT molecular complexity index is 994. The number of anilines is 2. The van der Waals surface area contributed by atoms with Crippen LogP contribution >= 0.6 is 7.75 Å². The lowest BCUT2D eigenvalue weighted by atomic mass is 10.0. The molecule has 1 N–H and O–H groups in total. The van der Waals surface area contributed by atoms with E-state index in [0.29, 0.717) is 12.3 Å². The molecule has 0 aliphatic carbocycles. The molecule has 6 heteroatoms. The number of rotatable bonds is 7. The summed E-state index contributed by atoms with van der Waals surface area (Å²) < 4.78 is 19.4. The summed E-state index contributed by atoms with van der Waals surface area (Å²) in [7, 11) is -2.27. The van der Waals surface area contributed by atoms with Crippen molar-refractivity contribution in [3.8, 4) is 5.75 Å². The molecule has 1 atom stereocenters. The number of benzene rings is 3. The molecule has 0 radical (unpaired) electrons. The van der Waals surface area contributed by atoms with E-state index in [1.165, 1.54) is 27.2 Å². The smallest absolute Gasteiger partial charge is 0.413 e. The molecule has 1 unspecified atom stereocenters. The molecule has 1 heterocycles. The average molecular weight is 422 g/mol. The topological polar surface area (TPSA) is 53.0 Å². The van der Waals surface area contributed by atoms with Crippen molar-refractivity contribution in [2.24, 2.45) is 0 Å². The maximum absolute atomic E-state index is 12.7. The molecule has 30 heavy (non-hydrogen) atoms. The van der Waals surface area contributed by atoms with Gasteiger partial charge < -0.3 is 14.3 Å². The van der Waals surface area contributed by atoms with Crippen LogP contribution in [0.4, 0.5) is 11.4 Å². The maximum Gasteiger partial charge on any atom is 0.458 e. The average Bonchev–Trinajstić information content (AvgIpc) is 2.91. The molecular weight excluding hydrogens is 395 g/mol. The minimum Gasteiger partial charge on any atom is -0.413 e. The number of aryl methyl sites for hydroxylation is 2. The van der Waals surface area contributed by atoms with Crippen molar-refractivity contribution in [1.82, 2.24) is 4.67 Å². The van der Waals surface area contributed by atoms with Gasteiger partial charge in [0.15, 0.2) is 0 Å². The van der Waals surface area contributed by atoms with Gasteiger partial charge in [0.25, 0.3) is 0 Å². The molecule has 1 aliphatic heterocycles. The quantitative estimate of drug-likeness (QED) is 0.515. The Balaban J connectivity index is 1.46. The van der Waals surface area contributed by atoms with Crippen LogP contribution in [0.3, 0.4) is 0 Å². The zero-order valence-electron chi connectivity index (χ0n) is 17.1. The Hall–Kier alpha value is -2.59. The highest BCUT2D eigenvalue weighted by Gasteiger charge is 2.28. The van der Waals surface area contributed by atoms with Crippen molar-refractivity contribution in [3.05, 3.63) is 90.0 Å². The lowest BCUT2D eigenvalue weighted by Crippen LogP contribution is -2.25. The van der Waals surface area contributed by atoms with Crippen LogP contribution in [0.15, 0.2) is 78.9 Å². The van der Waals surface area contributed by atoms with E-state index in [1.807, 2.05) is 6.07 Å². The number of fused-ring (bicyclic) bond motifs is 2. The van der Waals surface area contributed by atoms with Crippen molar-refractivity contribution in [2.45, 2.75) is 19.3 Å². The minimum absolute atomic E-state index is 0.394. The van der Waals surface area contributed by atoms with Gasteiger partial charge in [0, 0.05) is 24.5 Å². The summed E-state index contributed by atoms with van der Waals surface area (Å²) in [5, 5.41) is 0. The number of hydrogen-bond acceptors (Lipinski definition) is 3. The molecule has 0 bridgehead atoms. The SMILES string of the molecule is CN(CCCN1c2ccccc2CCc2ccccc21)P(=O)(O)Oc1ccccc1. The number of para-hydroxylation sites is 3. The standard InChI is InChI=1S/C24H27N2O3P/c1-25(30(27,28)29-22-12-3-2-4-13-22)18-9-19-26-23-14-7-5-10-20(23)16-17-21-11-6-8-15-24(21)26/h2-8,10-15H,9,16-19H2,1H3,(H,27,28). The van der Waals surface area contributed by atoms with Gasteiger partial charge in [-0.25, -0.2) is 9.24 Å². The fourth-order valence-electron chi connectivity index (χ4n) is 3.88. The predicted molar refractivity (Wildman–Crippen MR) is 121 cm³/mol. The Labute approximate surface area is 178 Å². The molecule has 0 fully saturated rings. The summed E-state index contributed by atoms with van der Waals surface area (Å²) in [5.41, 5.74) is 5.11. The van der Waals surface area contributed by atoms with Crippen LogP contribution in [0.25, 0.3) is 0 Å². The van der Waals surface area contributed by atoms with Crippen molar-refractivity contribution in [3.63, 3.8) is 0 Å². The lowest BCUT2D eigenvalue weighted by Gasteiger charge is -2.28. The summed E-state index contributed by atoms with van der Waals surface area (Å²) in [6.45, 7) is 1.20. The van der Waals surface area contributed by atoms with Crippen LogP contribution in [-0.2, 0) is 17.4 Å². The van der Waals surface area contributed by atoms with Crippen molar-refractivity contribution >= 4 is 19.1 Å². The van der Waals surface area contributed by atoms with Gasteiger partial charge in [-0.1, -0.05) is 54.6 Å². The lowest BCUT2D eigenvalue weighted by molar-refractivity contribution is 0.298. The van der Waals surface area contributed by atoms with Gasteiger partial charge in [0.05, 0.1) is 0 Å². The highest BCUT2D eigenvalue weighted by molar-refractivity contribution is 7.50. The minimum atomic E-state index is -3.90. The van der Waals surface area contributed by atoms with Gasteiger partial charge in [0.2, 0.25) is 0 Å². The van der Waals surface area contributed by atoms with Gasteiger partial charge in [-0.2, -0.15) is 0 Å². The molecule has 0 saturated carbocycles. The third-order valence-electron chi connectivity index (χ3n) is 5.49. The molecule has 156 valence electrons. The number of hydrogen-bond donors (Lipinski definition) is 1. The van der Waals surface area contributed by atoms with Gasteiger partial charge in [-0.15, -0.1) is 0 Å². The Kier molecular flexibility index (Phi) is 6.24. The molecule has 5 nitrogen and oxygen atoms in total. The fraction of sp³-hybridized carbons (Fsp3) is 0.250. The second kappa shape index (κ2) is 9.05. The molecule has 3 aromatic carbocycles. The summed E-state index contributed by atoms with van der Waals surface area (Å²) in [5.74, 6) is 0.394. The Morgan fingerprint density at radius 2 is 1.43 bits per heavy atom. The van der Waals surface area contributed by atoms with Crippen molar-refractivity contribution in [1.29, 1.82) is 0 Å². The molecule has 3 aromatic rings. The third kappa shape index (κ3) is 4.59. The van der Waals surface area contributed by atoms with Gasteiger partial charge in [0.1, 0.15) is 5.75 Å². The van der Waals surface area contributed by atoms with Crippen LogP contribution in [0.5, 0.6) is 5.75 Å². The normalized spacial score (nSPS) is 15.1. The zero-order valence-corrected chi connectivity index (χ0v) is 18.0. The first kappa shape index (κ1) is 20.7. The van der Waals surface area contributed by atoms with Crippen LogP contribution in [0.2, 0.25) is 0 Å². The van der Waals surface area contributed by atoms with E-state index in [9.17, 15) is 9.46 Å². The first-order chi connectivity index (χ1) is 14.5. The van der Waals surface area contributed by atoms with Crippen LogP contribution in [0, 0.1) is 0 Å². The van der Waals surface area contributed by atoms with Crippen LogP contribution < -0.4 is 9.42 Å². The molecular formula is C24H27N2O3P. The predicted octanol–water partition coefficient (Wildman–Crippen LogP) is 5.42.